The fraction of sp³-hybridized carbons (Fsp3) is 0.500. The van der Waals surface area contributed by atoms with E-state index < -0.39 is 0 Å². The van der Waals surface area contributed by atoms with Crippen LogP contribution in [0.25, 0.3) is 0 Å². The standard InChI is InChI=1S/C12H14OS.C2H6.2H2/c1-9-6-10(13)8-12(2,7-9)11-4-3-5-14-11;1-2;;/h3-5H,1,6-8H2,2H3;1-2H3;2*1H/t12-;;;/m0.../s1. The highest BCUT2D eigenvalue weighted by Gasteiger charge is 2.35. The van der Waals surface area contributed by atoms with Gasteiger partial charge < -0.3 is 0 Å². The lowest BCUT2D eigenvalue weighted by Gasteiger charge is -2.32. The van der Waals surface area contributed by atoms with Gasteiger partial charge in [-0.05, 0) is 17.9 Å². The summed E-state index contributed by atoms with van der Waals surface area (Å²) in [5.41, 5.74) is 1.10. The van der Waals surface area contributed by atoms with Gasteiger partial charge in [0.25, 0.3) is 0 Å². The maximum atomic E-state index is 11.5. The predicted molar refractivity (Wildman–Crippen MR) is 75.2 cm³/mol. The Morgan fingerprint density at radius 3 is 2.62 bits per heavy atom. The molecule has 0 spiro atoms. The van der Waals surface area contributed by atoms with Crippen molar-refractivity contribution in [3.63, 3.8) is 0 Å². The molecule has 2 heteroatoms. The van der Waals surface area contributed by atoms with Gasteiger partial charge in [0.2, 0.25) is 0 Å². The van der Waals surface area contributed by atoms with Crippen LogP contribution >= 0.6 is 11.3 Å². The molecule has 0 radical (unpaired) electrons. The van der Waals surface area contributed by atoms with E-state index >= 15 is 0 Å². The van der Waals surface area contributed by atoms with Gasteiger partial charge in [-0.15, -0.1) is 11.3 Å². The number of ketones is 1. The summed E-state index contributed by atoms with van der Waals surface area (Å²) in [5, 5.41) is 2.07. The Hall–Kier alpha value is -0.890. The molecule has 1 heterocycles. The summed E-state index contributed by atoms with van der Waals surface area (Å²) in [6, 6.07) is 4.17. The summed E-state index contributed by atoms with van der Waals surface area (Å²) in [6.45, 7) is 10.1. The van der Waals surface area contributed by atoms with Gasteiger partial charge in [0.1, 0.15) is 5.78 Å². The Morgan fingerprint density at radius 1 is 1.44 bits per heavy atom. The first kappa shape index (κ1) is 13.2. The van der Waals surface area contributed by atoms with E-state index in [1.807, 2.05) is 19.9 Å². The van der Waals surface area contributed by atoms with Crippen molar-refractivity contribution >= 4 is 17.1 Å². The minimum Gasteiger partial charge on any atom is -0.299 e. The van der Waals surface area contributed by atoms with Gasteiger partial charge in [-0.2, -0.15) is 0 Å². The van der Waals surface area contributed by atoms with Crippen LogP contribution in [0, 0.1) is 0 Å². The second-order valence-corrected chi connectivity index (χ2v) is 5.30. The molecule has 16 heavy (non-hydrogen) atoms. The average Bonchev–Trinajstić information content (AvgIpc) is 2.71. The monoisotopic (exact) mass is 240 g/mol. The summed E-state index contributed by atoms with van der Waals surface area (Å²) in [6.07, 6.45) is 2.22. The first-order valence-electron chi connectivity index (χ1n) is 5.82. The second-order valence-electron chi connectivity index (χ2n) is 4.36. The van der Waals surface area contributed by atoms with Crippen molar-refractivity contribution in [1.29, 1.82) is 0 Å². The highest BCUT2D eigenvalue weighted by atomic mass is 32.1. The molecule has 1 aliphatic carbocycles. The molecule has 0 saturated heterocycles. The maximum absolute atomic E-state index is 11.5. The third-order valence-electron chi connectivity index (χ3n) is 2.79. The number of hydrogen-bond donors (Lipinski definition) is 0. The molecule has 0 aromatic carbocycles. The molecule has 0 N–H and O–H groups in total. The SMILES string of the molecule is C=C1CC(=O)C[C@@](C)(c2cccs2)C1.CC.[HH].[HH]. The fourth-order valence-electron chi connectivity index (χ4n) is 2.25. The molecular weight excluding hydrogens is 216 g/mol. The van der Waals surface area contributed by atoms with Crippen molar-refractivity contribution in [3.8, 4) is 0 Å². The molecule has 2 rings (SSSR count). The van der Waals surface area contributed by atoms with Gasteiger partial charge in [-0.3, -0.25) is 4.79 Å². The van der Waals surface area contributed by atoms with E-state index in [-0.39, 0.29) is 8.27 Å². The van der Waals surface area contributed by atoms with E-state index in [2.05, 4.69) is 24.9 Å². The summed E-state index contributed by atoms with van der Waals surface area (Å²) < 4.78 is 0. The van der Waals surface area contributed by atoms with Crippen LogP contribution in [-0.4, -0.2) is 5.78 Å². The Morgan fingerprint density at radius 2 is 2.12 bits per heavy atom. The van der Waals surface area contributed by atoms with E-state index in [1.54, 1.807) is 11.3 Å². The molecule has 1 nitrogen and oxygen atoms in total. The molecule has 1 saturated carbocycles. The van der Waals surface area contributed by atoms with Crippen molar-refractivity contribution in [1.82, 2.24) is 0 Å². The lowest BCUT2D eigenvalue weighted by Crippen LogP contribution is -2.30. The molecular formula is C14H24OS. The molecule has 1 fully saturated rings. The molecule has 92 valence electrons. The third-order valence-corrected chi connectivity index (χ3v) is 3.97. The Bertz CT molecular complexity index is 355. The summed E-state index contributed by atoms with van der Waals surface area (Å²) in [5.74, 6) is 0.331. The highest BCUT2D eigenvalue weighted by molar-refractivity contribution is 7.10. The van der Waals surface area contributed by atoms with Crippen molar-refractivity contribution in [2.45, 2.75) is 45.4 Å². The van der Waals surface area contributed by atoms with Crippen LogP contribution in [0.15, 0.2) is 29.7 Å². The van der Waals surface area contributed by atoms with E-state index in [1.165, 1.54) is 4.88 Å². The largest absolute Gasteiger partial charge is 0.299 e. The van der Waals surface area contributed by atoms with Gasteiger partial charge in [0.15, 0.2) is 0 Å². The number of Topliss-reactive ketones (excluding diaryl/α,β-unsaturated/α-hetero) is 1. The lowest BCUT2D eigenvalue weighted by molar-refractivity contribution is -0.120. The number of carbonyl (C=O) groups is 1. The van der Waals surface area contributed by atoms with E-state index in [4.69, 9.17) is 0 Å². The summed E-state index contributed by atoms with van der Waals surface area (Å²) in [4.78, 5) is 12.8. The molecule has 1 aliphatic rings. The first-order chi connectivity index (χ1) is 7.60. The predicted octanol–water partition coefficient (Wildman–Crippen LogP) is 4.83. The number of hydrogen-bond acceptors (Lipinski definition) is 2. The summed E-state index contributed by atoms with van der Waals surface area (Å²) >= 11 is 1.74. The van der Waals surface area contributed by atoms with Gasteiger partial charge in [-0.25, -0.2) is 0 Å². The van der Waals surface area contributed by atoms with Crippen molar-refractivity contribution in [2.75, 3.05) is 0 Å². The van der Waals surface area contributed by atoms with Crippen LogP contribution in [0.2, 0.25) is 0 Å². The Kier molecular flexibility index (Phi) is 4.48. The number of thiophene rings is 1. The number of carbonyl (C=O) groups excluding carboxylic acids is 1. The fourth-order valence-corrected chi connectivity index (χ4v) is 3.14. The molecule has 0 unspecified atom stereocenters. The average molecular weight is 240 g/mol. The molecule has 1 aromatic rings. The normalized spacial score (nSPS) is 24.9. The smallest absolute Gasteiger partial charge is 0.137 e. The maximum Gasteiger partial charge on any atom is 0.137 e. The minimum absolute atomic E-state index is 0. The molecule has 1 aromatic heterocycles. The van der Waals surface area contributed by atoms with Gasteiger partial charge in [-0.1, -0.05) is 39.0 Å². The zero-order valence-corrected chi connectivity index (χ0v) is 11.2. The number of allylic oxidation sites excluding steroid dienone is 1. The third kappa shape index (κ3) is 2.82. The molecule has 1 atom stereocenters. The quantitative estimate of drug-likeness (QED) is 0.642. The Balaban J connectivity index is 0. The second kappa shape index (κ2) is 5.44. The molecule has 0 aliphatic heterocycles. The van der Waals surface area contributed by atoms with Crippen molar-refractivity contribution < 1.29 is 7.65 Å². The number of rotatable bonds is 1. The first-order valence-corrected chi connectivity index (χ1v) is 6.70. The van der Waals surface area contributed by atoms with Crippen molar-refractivity contribution in [3.05, 3.63) is 34.5 Å². The topological polar surface area (TPSA) is 17.1 Å². The zero-order valence-electron chi connectivity index (χ0n) is 10.4. The Labute approximate surface area is 105 Å². The lowest BCUT2D eigenvalue weighted by atomic mass is 9.72. The van der Waals surface area contributed by atoms with Crippen LogP contribution in [-0.2, 0) is 10.2 Å². The van der Waals surface area contributed by atoms with Crippen LogP contribution in [0.1, 0.15) is 47.8 Å². The van der Waals surface area contributed by atoms with E-state index in [0.29, 0.717) is 18.6 Å². The van der Waals surface area contributed by atoms with Crippen molar-refractivity contribution in [2.24, 2.45) is 0 Å². The van der Waals surface area contributed by atoms with Crippen LogP contribution in [0.4, 0.5) is 0 Å². The zero-order chi connectivity index (χ0) is 12.2. The van der Waals surface area contributed by atoms with Crippen LogP contribution in [0.5, 0.6) is 0 Å². The summed E-state index contributed by atoms with van der Waals surface area (Å²) in [7, 11) is 0. The van der Waals surface area contributed by atoms with Gasteiger partial charge in [0, 0.05) is 26.0 Å². The van der Waals surface area contributed by atoms with Gasteiger partial charge in [0.05, 0.1) is 0 Å². The minimum atomic E-state index is 0. The van der Waals surface area contributed by atoms with Crippen LogP contribution < -0.4 is 0 Å². The molecule has 0 amide bonds. The van der Waals surface area contributed by atoms with Crippen LogP contribution in [0.3, 0.4) is 0 Å². The van der Waals surface area contributed by atoms with Gasteiger partial charge >= 0.3 is 0 Å². The van der Waals surface area contributed by atoms with E-state index in [9.17, 15) is 4.79 Å². The molecule has 0 bridgehead atoms. The highest BCUT2D eigenvalue weighted by Crippen LogP contribution is 2.41. The van der Waals surface area contributed by atoms with E-state index in [0.717, 1.165) is 12.0 Å².